The van der Waals surface area contributed by atoms with Gasteiger partial charge in [-0.05, 0) is 63.8 Å². The fraction of sp³-hybridized carbons (Fsp3) is 0.476. The van der Waals surface area contributed by atoms with Gasteiger partial charge >= 0.3 is 11.6 Å². The number of hydrogen-bond donors (Lipinski definition) is 2. The van der Waals surface area contributed by atoms with Crippen LogP contribution in [0.25, 0.3) is 11.0 Å². The lowest BCUT2D eigenvalue weighted by atomic mass is 10.0. The maximum absolute atomic E-state index is 12.3. The van der Waals surface area contributed by atoms with Crippen LogP contribution >= 0.6 is 0 Å². The summed E-state index contributed by atoms with van der Waals surface area (Å²) in [7, 11) is 0. The number of carboxylic acids is 1. The van der Waals surface area contributed by atoms with E-state index in [9.17, 15) is 14.4 Å². The molecular weight excluding hydrogens is 362 g/mol. The van der Waals surface area contributed by atoms with Crippen LogP contribution in [0.5, 0.6) is 5.75 Å². The monoisotopic (exact) mass is 389 g/mol. The van der Waals surface area contributed by atoms with Crippen LogP contribution in [0.3, 0.4) is 0 Å². The highest BCUT2D eigenvalue weighted by Crippen LogP contribution is 2.31. The van der Waals surface area contributed by atoms with Gasteiger partial charge in [-0.1, -0.05) is 6.42 Å². The minimum Gasteiger partial charge on any atom is -0.481 e. The van der Waals surface area contributed by atoms with Crippen LogP contribution in [-0.2, 0) is 9.59 Å². The average Bonchev–Trinajstić information content (AvgIpc) is 2.61. The van der Waals surface area contributed by atoms with Crippen molar-refractivity contribution in [2.45, 2.75) is 59.5 Å². The molecule has 1 heterocycles. The Morgan fingerprint density at radius 3 is 2.54 bits per heavy atom. The third kappa shape index (κ3) is 5.34. The van der Waals surface area contributed by atoms with Crippen molar-refractivity contribution in [2.75, 3.05) is 6.54 Å². The Morgan fingerprint density at radius 2 is 1.86 bits per heavy atom. The Hall–Kier alpha value is -2.83. The molecule has 7 nitrogen and oxygen atoms in total. The second-order valence-corrected chi connectivity index (χ2v) is 7.03. The number of rotatable bonds is 9. The predicted octanol–water partition coefficient (Wildman–Crippen LogP) is 3.25. The van der Waals surface area contributed by atoms with Crippen LogP contribution in [-0.4, -0.2) is 29.6 Å². The number of carbonyl (C=O) groups excluding carboxylic acids is 1. The number of carbonyl (C=O) groups is 2. The third-order valence-electron chi connectivity index (χ3n) is 4.70. The summed E-state index contributed by atoms with van der Waals surface area (Å²) in [6.07, 6.45) is 1.46. The van der Waals surface area contributed by atoms with Crippen LogP contribution in [0.1, 0.15) is 49.3 Å². The largest absolute Gasteiger partial charge is 0.481 e. The number of aliphatic carboxylic acids is 1. The predicted molar refractivity (Wildman–Crippen MR) is 106 cm³/mol. The van der Waals surface area contributed by atoms with Gasteiger partial charge in [0.1, 0.15) is 11.3 Å². The molecule has 28 heavy (non-hydrogen) atoms. The summed E-state index contributed by atoms with van der Waals surface area (Å²) < 4.78 is 11.3. The van der Waals surface area contributed by atoms with Crippen LogP contribution in [0.4, 0.5) is 0 Å². The smallest absolute Gasteiger partial charge is 0.339 e. The molecule has 0 spiro atoms. The molecule has 0 fully saturated rings. The summed E-state index contributed by atoms with van der Waals surface area (Å²) in [6.45, 7) is 7.52. The van der Waals surface area contributed by atoms with E-state index in [-0.39, 0.29) is 18.0 Å². The van der Waals surface area contributed by atoms with Gasteiger partial charge in [0.15, 0.2) is 6.10 Å². The molecule has 0 unspecified atom stereocenters. The number of fused-ring (bicyclic) bond motifs is 1. The maximum atomic E-state index is 12.3. The lowest BCUT2D eigenvalue weighted by molar-refractivity contribution is -0.137. The van der Waals surface area contributed by atoms with Crippen molar-refractivity contribution in [3.05, 3.63) is 39.2 Å². The third-order valence-corrected chi connectivity index (χ3v) is 4.70. The molecule has 0 aliphatic carbocycles. The van der Waals surface area contributed by atoms with Crippen molar-refractivity contribution in [1.82, 2.24) is 5.32 Å². The molecule has 1 aromatic heterocycles. The van der Waals surface area contributed by atoms with Crippen molar-refractivity contribution in [1.29, 1.82) is 0 Å². The minimum atomic E-state index is -0.808. The van der Waals surface area contributed by atoms with Gasteiger partial charge in [-0.15, -0.1) is 0 Å². The normalized spacial score (nSPS) is 12.0. The Kier molecular flexibility index (Phi) is 7.20. The summed E-state index contributed by atoms with van der Waals surface area (Å²) in [5.74, 6) is -0.555. The number of unbranched alkanes of at least 4 members (excludes halogenated alkanes) is 2. The zero-order valence-corrected chi connectivity index (χ0v) is 16.8. The molecule has 1 atom stereocenters. The van der Waals surface area contributed by atoms with Crippen LogP contribution in [0.2, 0.25) is 0 Å². The molecule has 1 amide bonds. The van der Waals surface area contributed by atoms with Crippen molar-refractivity contribution < 1.29 is 23.8 Å². The van der Waals surface area contributed by atoms with Crippen molar-refractivity contribution >= 4 is 22.8 Å². The van der Waals surface area contributed by atoms with E-state index in [1.54, 1.807) is 19.9 Å². The molecule has 1 aromatic carbocycles. The van der Waals surface area contributed by atoms with E-state index in [4.69, 9.17) is 14.3 Å². The number of aryl methyl sites for hydroxylation is 2. The van der Waals surface area contributed by atoms with Gasteiger partial charge in [0.25, 0.3) is 5.91 Å². The number of nitrogens with one attached hydrogen (secondary N) is 1. The van der Waals surface area contributed by atoms with Gasteiger partial charge in [0.2, 0.25) is 0 Å². The van der Waals surface area contributed by atoms with E-state index in [0.29, 0.717) is 41.7 Å². The number of hydrogen-bond acceptors (Lipinski definition) is 5. The zero-order valence-electron chi connectivity index (χ0n) is 16.8. The number of ether oxygens (including phenoxy) is 1. The van der Waals surface area contributed by atoms with E-state index >= 15 is 0 Å². The first-order valence-corrected chi connectivity index (χ1v) is 9.41. The van der Waals surface area contributed by atoms with Gasteiger partial charge in [-0.25, -0.2) is 4.79 Å². The Bertz CT molecular complexity index is 931. The minimum absolute atomic E-state index is 0.142. The first-order valence-electron chi connectivity index (χ1n) is 9.41. The van der Waals surface area contributed by atoms with Crippen LogP contribution in [0, 0.1) is 20.8 Å². The van der Waals surface area contributed by atoms with Crippen LogP contribution < -0.4 is 15.7 Å². The molecule has 2 aromatic rings. The van der Waals surface area contributed by atoms with E-state index in [1.807, 2.05) is 19.9 Å². The van der Waals surface area contributed by atoms with Crippen molar-refractivity contribution in [2.24, 2.45) is 0 Å². The number of amides is 1. The molecule has 2 rings (SSSR count). The van der Waals surface area contributed by atoms with Gasteiger partial charge in [0, 0.05) is 18.5 Å². The zero-order chi connectivity index (χ0) is 20.8. The second kappa shape index (κ2) is 9.39. The van der Waals surface area contributed by atoms with Crippen molar-refractivity contribution in [3.63, 3.8) is 0 Å². The maximum Gasteiger partial charge on any atom is 0.339 e. The summed E-state index contributed by atoms with van der Waals surface area (Å²) in [5.41, 5.74) is 2.20. The molecule has 2 N–H and O–H groups in total. The molecule has 152 valence electrons. The highest BCUT2D eigenvalue weighted by atomic mass is 16.5. The van der Waals surface area contributed by atoms with Gasteiger partial charge < -0.3 is 19.6 Å². The summed E-state index contributed by atoms with van der Waals surface area (Å²) >= 11 is 0. The van der Waals surface area contributed by atoms with Gasteiger partial charge in [0.05, 0.1) is 5.39 Å². The number of benzene rings is 1. The van der Waals surface area contributed by atoms with Gasteiger partial charge in [-0.3, -0.25) is 9.59 Å². The lowest BCUT2D eigenvalue weighted by Gasteiger charge is -2.18. The average molecular weight is 389 g/mol. The van der Waals surface area contributed by atoms with Crippen LogP contribution in [0.15, 0.2) is 21.3 Å². The quantitative estimate of drug-likeness (QED) is 0.504. The summed E-state index contributed by atoms with van der Waals surface area (Å²) in [5, 5.41) is 12.1. The summed E-state index contributed by atoms with van der Waals surface area (Å²) in [6, 6.07) is 3.60. The number of carboxylic acid groups (broad SMARTS) is 1. The second-order valence-electron chi connectivity index (χ2n) is 7.03. The SMILES string of the molecule is Cc1cc(O[C@H](C)C(=O)NCCCCCC(=O)O)c2c(C)c(C)c(=O)oc2c1. The molecule has 0 aliphatic heterocycles. The highest BCUT2D eigenvalue weighted by Gasteiger charge is 2.19. The van der Waals surface area contributed by atoms with E-state index in [2.05, 4.69) is 5.32 Å². The standard InChI is InChI=1S/C21H27NO6/c1-12-10-16(19-13(2)14(3)21(26)28-17(19)11-12)27-15(4)20(25)22-9-7-5-6-8-18(23)24/h10-11,15H,5-9H2,1-4H3,(H,22,25)(H,23,24)/t15-/m1/s1. The lowest BCUT2D eigenvalue weighted by Crippen LogP contribution is -2.36. The molecule has 7 heteroatoms. The molecular formula is C21H27NO6. The summed E-state index contributed by atoms with van der Waals surface area (Å²) in [4.78, 5) is 34.7. The first-order chi connectivity index (χ1) is 13.2. The van der Waals surface area contributed by atoms with Crippen molar-refractivity contribution in [3.8, 4) is 5.75 Å². The fourth-order valence-electron chi connectivity index (χ4n) is 2.96. The Labute approximate surface area is 163 Å². The molecule has 0 aliphatic rings. The van der Waals surface area contributed by atoms with E-state index in [0.717, 1.165) is 17.5 Å². The van der Waals surface area contributed by atoms with E-state index < -0.39 is 12.1 Å². The highest BCUT2D eigenvalue weighted by molar-refractivity contribution is 5.89. The first kappa shape index (κ1) is 21.5. The fourth-order valence-corrected chi connectivity index (χ4v) is 2.96. The molecule has 0 saturated heterocycles. The molecule has 0 saturated carbocycles. The Morgan fingerprint density at radius 1 is 1.14 bits per heavy atom. The topological polar surface area (TPSA) is 106 Å². The molecule has 0 radical (unpaired) electrons. The molecule has 0 bridgehead atoms. The van der Waals surface area contributed by atoms with E-state index in [1.165, 1.54) is 0 Å². The Balaban J connectivity index is 2.05. The van der Waals surface area contributed by atoms with Gasteiger partial charge in [-0.2, -0.15) is 0 Å².